The number of ether oxygens (including phenoxy) is 6. The van der Waals surface area contributed by atoms with Crippen LogP contribution in [0.1, 0.15) is 75.2 Å². The summed E-state index contributed by atoms with van der Waals surface area (Å²) in [6, 6.07) is -1.38. The van der Waals surface area contributed by atoms with E-state index in [9.17, 15) is 20.7 Å². The van der Waals surface area contributed by atoms with Crippen molar-refractivity contribution < 1.29 is 38.0 Å². The van der Waals surface area contributed by atoms with E-state index >= 15 is 0 Å². The number of carbonyl (C=O) groups is 2. The maximum atomic E-state index is 12.9. The molecule has 0 radical (unpaired) electrons. The molecule has 0 bridgehead atoms. The van der Waals surface area contributed by atoms with Gasteiger partial charge < -0.3 is 28.4 Å². The third-order valence-corrected chi connectivity index (χ3v) is 9.35. The van der Waals surface area contributed by atoms with E-state index < -0.39 is 67.3 Å². The standard InChI is InChI=1S/C28H46N6O8/c1-10-19-12(3)13(4)21(31-33-29)28(38-19)41-24-14(5)15(6)26(42-25(24)17(8)35)40-23-16(7)22(32-34-30)27(37-18(9)36)39-20(23)11-2/h12-16,19-28H,10-11H2,1-9H3/t12-,13-,14+,15?,16+,19-,20-,21?,22?,23-,24-,25-,26+,27+,28+/m0/s1. The van der Waals surface area contributed by atoms with Crippen LogP contribution in [-0.4, -0.2) is 73.2 Å². The molecule has 0 amide bonds. The molecule has 3 aliphatic heterocycles. The van der Waals surface area contributed by atoms with Gasteiger partial charge in [-0.25, -0.2) is 0 Å². The lowest BCUT2D eigenvalue weighted by Gasteiger charge is -2.50. The number of ketones is 1. The zero-order chi connectivity index (χ0) is 31.3. The first-order valence-electron chi connectivity index (χ1n) is 14.9. The van der Waals surface area contributed by atoms with Gasteiger partial charge in [0.25, 0.3) is 0 Å². The predicted octanol–water partition coefficient (Wildman–Crippen LogP) is 5.44. The van der Waals surface area contributed by atoms with Crippen molar-refractivity contribution in [1.29, 1.82) is 0 Å². The van der Waals surface area contributed by atoms with Crippen molar-refractivity contribution in [3.63, 3.8) is 0 Å². The van der Waals surface area contributed by atoms with Gasteiger partial charge in [-0.2, -0.15) is 0 Å². The van der Waals surface area contributed by atoms with Crippen LogP contribution in [-0.2, 0) is 38.0 Å². The molecule has 0 aromatic heterocycles. The van der Waals surface area contributed by atoms with Gasteiger partial charge >= 0.3 is 5.97 Å². The molecule has 0 aromatic rings. The van der Waals surface area contributed by atoms with E-state index in [1.807, 2.05) is 41.5 Å². The largest absolute Gasteiger partial charge is 0.435 e. The topological polar surface area (TPSA) is 187 Å². The third-order valence-electron chi connectivity index (χ3n) is 9.35. The Hall–Kier alpha value is -2.44. The minimum absolute atomic E-state index is 0.00675. The second kappa shape index (κ2) is 14.8. The zero-order valence-electron chi connectivity index (χ0n) is 26.0. The Bertz CT molecular complexity index is 1050. The molecular weight excluding hydrogens is 548 g/mol. The first-order chi connectivity index (χ1) is 19.9. The van der Waals surface area contributed by atoms with Crippen LogP contribution < -0.4 is 0 Å². The summed E-state index contributed by atoms with van der Waals surface area (Å²) in [5, 5.41) is 7.86. The molecule has 0 aromatic carbocycles. The van der Waals surface area contributed by atoms with Crippen LogP contribution in [0.15, 0.2) is 10.2 Å². The van der Waals surface area contributed by atoms with Gasteiger partial charge in [0.2, 0.25) is 6.29 Å². The summed E-state index contributed by atoms with van der Waals surface area (Å²) in [5.41, 5.74) is 18.4. The fourth-order valence-corrected chi connectivity index (χ4v) is 6.36. The van der Waals surface area contributed by atoms with Crippen LogP contribution in [0.5, 0.6) is 0 Å². The molecule has 14 heteroatoms. The first kappa shape index (κ1) is 34.1. The molecule has 3 fully saturated rings. The molecule has 14 nitrogen and oxygen atoms in total. The molecule has 3 unspecified atom stereocenters. The van der Waals surface area contributed by atoms with Crippen molar-refractivity contribution in [1.82, 2.24) is 0 Å². The molecule has 3 saturated heterocycles. The molecule has 0 saturated carbocycles. The van der Waals surface area contributed by atoms with Crippen molar-refractivity contribution in [2.45, 2.75) is 137 Å². The smallest absolute Gasteiger partial charge is 0.304 e. The van der Waals surface area contributed by atoms with Crippen molar-refractivity contribution >= 4 is 11.8 Å². The van der Waals surface area contributed by atoms with E-state index in [-0.39, 0.29) is 35.6 Å². The van der Waals surface area contributed by atoms with E-state index in [1.54, 1.807) is 0 Å². The number of nitrogens with zero attached hydrogens (tertiary/aromatic N) is 6. The van der Waals surface area contributed by atoms with E-state index in [2.05, 4.69) is 27.0 Å². The van der Waals surface area contributed by atoms with Gasteiger partial charge in [0.1, 0.15) is 12.1 Å². The maximum Gasteiger partial charge on any atom is 0.304 e. The lowest BCUT2D eigenvalue weighted by atomic mass is 9.80. The predicted molar refractivity (Wildman–Crippen MR) is 150 cm³/mol. The normalized spacial score (nSPS) is 43.9. The fourth-order valence-electron chi connectivity index (χ4n) is 6.36. The van der Waals surface area contributed by atoms with E-state index in [1.165, 1.54) is 13.8 Å². The highest BCUT2D eigenvalue weighted by Gasteiger charge is 2.52. The van der Waals surface area contributed by atoms with Crippen molar-refractivity contribution in [2.24, 2.45) is 39.8 Å². The second-order valence-corrected chi connectivity index (χ2v) is 11.9. The Morgan fingerprint density at radius 3 is 1.76 bits per heavy atom. The summed E-state index contributed by atoms with van der Waals surface area (Å²) in [6.45, 7) is 16.5. The number of rotatable bonds is 10. The summed E-state index contributed by atoms with van der Waals surface area (Å²) in [6.07, 6.45) is -4.18. The summed E-state index contributed by atoms with van der Waals surface area (Å²) >= 11 is 0. The van der Waals surface area contributed by atoms with Gasteiger partial charge in [-0.1, -0.05) is 58.7 Å². The number of hydrogen-bond donors (Lipinski definition) is 0. The van der Waals surface area contributed by atoms with E-state index in [0.29, 0.717) is 6.42 Å². The van der Waals surface area contributed by atoms with Crippen molar-refractivity contribution in [2.75, 3.05) is 0 Å². The Morgan fingerprint density at radius 1 is 0.690 bits per heavy atom. The fraction of sp³-hybridized carbons (Fsp3) is 0.929. The van der Waals surface area contributed by atoms with Gasteiger partial charge in [0.05, 0.1) is 30.5 Å². The van der Waals surface area contributed by atoms with Crippen molar-refractivity contribution in [3.05, 3.63) is 20.9 Å². The summed E-state index contributed by atoms with van der Waals surface area (Å²) in [5.74, 6) is -1.47. The van der Waals surface area contributed by atoms with Gasteiger partial charge in [-0.15, -0.1) is 0 Å². The average Bonchev–Trinajstić information content (AvgIpc) is 2.94. The quantitative estimate of drug-likeness (QED) is 0.138. The lowest BCUT2D eigenvalue weighted by molar-refractivity contribution is -0.333. The molecule has 0 aliphatic carbocycles. The van der Waals surface area contributed by atoms with E-state index in [0.717, 1.165) is 6.42 Å². The zero-order valence-corrected chi connectivity index (χ0v) is 26.0. The second-order valence-electron chi connectivity index (χ2n) is 11.9. The van der Waals surface area contributed by atoms with Crippen molar-refractivity contribution in [3.8, 4) is 0 Å². The summed E-state index contributed by atoms with van der Waals surface area (Å²) in [7, 11) is 0. The SMILES string of the molecule is CC[C@@H]1O[C@H](O[C@H]2[C@H](C)C(C)[C@H](O[C@@H]3[C@H](CC)O[C@@H](OC(C)=O)C(N=[N+]=[N-])[C@H]3C)O[C@H]2C(C)=O)C(N=[N+]=[N-])[C@@H](C)[C@@H]1C. The molecule has 42 heavy (non-hydrogen) atoms. The maximum absolute atomic E-state index is 12.9. The Labute approximate surface area is 247 Å². The van der Waals surface area contributed by atoms with Gasteiger partial charge in [-0.3, -0.25) is 9.59 Å². The molecule has 3 rings (SSSR count). The third kappa shape index (κ3) is 7.19. The van der Waals surface area contributed by atoms with Crippen LogP contribution in [0.3, 0.4) is 0 Å². The van der Waals surface area contributed by atoms with Gasteiger partial charge in [-0.05, 0) is 54.5 Å². The minimum Gasteiger partial charge on any atom is -0.435 e. The Kier molecular flexibility index (Phi) is 12.0. The van der Waals surface area contributed by atoms with E-state index in [4.69, 9.17) is 28.4 Å². The summed E-state index contributed by atoms with van der Waals surface area (Å²) in [4.78, 5) is 30.6. The first-order valence-corrected chi connectivity index (χ1v) is 14.9. The Balaban J connectivity index is 1.84. The average molecular weight is 595 g/mol. The molecule has 0 N–H and O–H groups in total. The molecule has 3 aliphatic rings. The van der Waals surface area contributed by atoms with Crippen LogP contribution in [0, 0.1) is 29.6 Å². The Morgan fingerprint density at radius 2 is 1.24 bits per heavy atom. The minimum atomic E-state index is -1.04. The van der Waals surface area contributed by atoms with Crippen LogP contribution >= 0.6 is 0 Å². The molecule has 0 spiro atoms. The molecule has 15 atom stereocenters. The number of hydrogen-bond acceptors (Lipinski definition) is 10. The highest BCUT2D eigenvalue weighted by molar-refractivity contribution is 5.81. The van der Waals surface area contributed by atoms with Gasteiger partial charge in [0, 0.05) is 22.7 Å². The number of Topliss-reactive ketones (excluding diaryl/α,β-unsaturated/α-hetero) is 1. The highest BCUT2D eigenvalue weighted by atomic mass is 16.7. The molecular formula is C28H46N6O8. The molecule has 3 heterocycles. The number of esters is 1. The van der Waals surface area contributed by atoms with Crippen LogP contribution in [0.2, 0.25) is 0 Å². The number of carbonyl (C=O) groups excluding carboxylic acids is 2. The number of azide groups is 2. The van der Waals surface area contributed by atoms with Gasteiger partial charge in [0.15, 0.2) is 18.4 Å². The monoisotopic (exact) mass is 594 g/mol. The van der Waals surface area contributed by atoms with Crippen LogP contribution in [0.25, 0.3) is 20.9 Å². The molecule has 236 valence electrons. The highest BCUT2D eigenvalue weighted by Crippen LogP contribution is 2.41. The lowest BCUT2D eigenvalue weighted by Crippen LogP contribution is -2.60. The van der Waals surface area contributed by atoms with Crippen LogP contribution in [0.4, 0.5) is 0 Å². The summed E-state index contributed by atoms with van der Waals surface area (Å²) < 4.78 is 37.0.